The van der Waals surface area contributed by atoms with Gasteiger partial charge in [-0.3, -0.25) is 4.79 Å². The zero-order valence-electron chi connectivity index (χ0n) is 25.1. The van der Waals surface area contributed by atoms with Crippen molar-refractivity contribution in [3.63, 3.8) is 0 Å². The van der Waals surface area contributed by atoms with E-state index < -0.39 is 26.0 Å². The Kier molecular flexibility index (Phi) is 9.76. The molecule has 1 N–H and O–H groups in total. The zero-order valence-corrected chi connectivity index (χ0v) is 26.1. The lowest BCUT2D eigenvalue weighted by Crippen LogP contribution is -2.47. The van der Waals surface area contributed by atoms with Gasteiger partial charge in [0.15, 0.2) is 11.6 Å². The van der Waals surface area contributed by atoms with Gasteiger partial charge in [-0.25, -0.2) is 19.9 Å². The van der Waals surface area contributed by atoms with Gasteiger partial charge in [-0.05, 0) is 40.9 Å². The van der Waals surface area contributed by atoms with Crippen LogP contribution in [-0.2, 0) is 17.2 Å². The minimum Gasteiger partial charge on any atom is -0.409 e. The van der Waals surface area contributed by atoms with Gasteiger partial charge in [0.2, 0.25) is 8.32 Å². The summed E-state index contributed by atoms with van der Waals surface area (Å²) in [6.45, 7) is 13.5. The Morgan fingerprint density at radius 1 is 0.884 bits per heavy atom. The Labute approximate surface area is 251 Å². The van der Waals surface area contributed by atoms with Gasteiger partial charge in [0.05, 0.1) is 29.7 Å². The van der Waals surface area contributed by atoms with Gasteiger partial charge in [-0.15, -0.1) is 0 Å². The fourth-order valence-corrected chi connectivity index (χ4v) is 11.2. The Balaban J connectivity index is 1.69. The predicted molar refractivity (Wildman–Crippen MR) is 164 cm³/mol. The summed E-state index contributed by atoms with van der Waals surface area (Å²) in [5, 5.41) is 2.80. The van der Waals surface area contributed by atoms with Crippen molar-refractivity contribution in [2.24, 2.45) is 0 Å². The van der Waals surface area contributed by atoms with E-state index in [0.717, 1.165) is 23.8 Å². The maximum atomic E-state index is 13.8. The van der Waals surface area contributed by atoms with E-state index in [0.29, 0.717) is 33.8 Å². The molecule has 1 amide bonds. The molecule has 0 unspecified atom stereocenters. The Morgan fingerprint density at radius 3 is 2.09 bits per heavy atom. The van der Waals surface area contributed by atoms with E-state index in [1.165, 1.54) is 24.7 Å². The molecule has 0 saturated carbocycles. The molecule has 2 aromatic carbocycles. The maximum Gasteiger partial charge on any atom is 0.417 e. The summed E-state index contributed by atoms with van der Waals surface area (Å²) in [6.07, 6.45) is -0.447. The van der Waals surface area contributed by atoms with E-state index in [4.69, 9.17) is 9.41 Å². The number of benzene rings is 2. The summed E-state index contributed by atoms with van der Waals surface area (Å²) in [5.41, 5.74) is 1.47. The molecule has 2 aromatic heterocycles. The first-order chi connectivity index (χ1) is 20.3. The van der Waals surface area contributed by atoms with E-state index in [1.807, 2.05) is 30.3 Å². The normalized spacial score (nSPS) is 12.3. The third-order valence-electron chi connectivity index (χ3n) is 7.69. The van der Waals surface area contributed by atoms with Gasteiger partial charge in [0.1, 0.15) is 0 Å². The van der Waals surface area contributed by atoms with Gasteiger partial charge in [-0.2, -0.15) is 13.2 Å². The quantitative estimate of drug-likeness (QED) is 0.182. The molecule has 226 valence electrons. The molecule has 11 heteroatoms. The number of aromatic nitrogens is 4. The van der Waals surface area contributed by atoms with E-state index >= 15 is 0 Å². The molecule has 43 heavy (non-hydrogen) atoms. The van der Waals surface area contributed by atoms with Crippen LogP contribution in [0.3, 0.4) is 0 Å². The number of rotatable bonds is 10. The van der Waals surface area contributed by atoms with Gasteiger partial charge >= 0.3 is 6.18 Å². The van der Waals surface area contributed by atoms with Crippen LogP contribution in [0, 0.1) is 0 Å². The van der Waals surface area contributed by atoms with Crippen molar-refractivity contribution < 1.29 is 22.4 Å². The highest BCUT2D eigenvalue weighted by atomic mass is 28.4. The molecule has 0 fully saturated rings. The highest BCUT2D eigenvalue weighted by molar-refractivity contribution is 6.77. The lowest BCUT2D eigenvalue weighted by molar-refractivity contribution is -0.137. The summed E-state index contributed by atoms with van der Waals surface area (Å²) in [4.78, 5) is 30.6. The second-order valence-electron chi connectivity index (χ2n) is 11.3. The molecule has 2 heterocycles. The molecule has 4 aromatic rings. The summed E-state index contributed by atoms with van der Waals surface area (Å²) in [5.74, 6) is -0.277. The second kappa shape index (κ2) is 13.1. The van der Waals surface area contributed by atoms with Crippen molar-refractivity contribution in [1.29, 1.82) is 0 Å². The van der Waals surface area contributed by atoms with Crippen LogP contribution in [0.15, 0.2) is 73.2 Å². The average Bonchev–Trinajstić information content (AvgIpc) is 2.97. The number of nitrogens with zero attached hydrogens (tertiary/aromatic N) is 4. The highest BCUT2D eigenvalue weighted by Crippen LogP contribution is 2.43. The monoisotopic (exact) mass is 607 g/mol. The van der Waals surface area contributed by atoms with Gasteiger partial charge in [-0.1, -0.05) is 71.9 Å². The molecular weight excluding hydrogens is 571 g/mol. The topological polar surface area (TPSA) is 89.9 Å². The van der Waals surface area contributed by atoms with Crippen molar-refractivity contribution in [2.45, 2.75) is 70.9 Å². The van der Waals surface area contributed by atoms with Crippen LogP contribution in [0.1, 0.15) is 63.3 Å². The molecule has 0 saturated heterocycles. The number of carbonyl (C=O) groups is 1. The van der Waals surface area contributed by atoms with Gasteiger partial charge in [0, 0.05) is 29.1 Å². The number of nitrogens with one attached hydrogen (secondary N) is 1. The Morgan fingerprint density at radius 2 is 1.51 bits per heavy atom. The lowest BCUT2D eigenvalue weighted by atomic mass is 10.0. The number of hydrogen-bond donors (Lipinski definition) is 1. The minimum absolute atomic E-state index is 0.00320. The van der Waals surface area contributed by atoms with E-state index in [9.17, 15) is 18.0 Å². The van der Waals surface area contributed by atoms with Crippen LogP contribution in [-0.4, -0.2) is 34.2 Å². The fraction of sp³-hybridized carbons (Fsp3) is 0.344. The van der Waals surface area contributed by atoms with Crippen LogP contribution in [0.4, 0.5) is 18.9 Å². The van der Waals surface area contributed by atoms with Crippen LogP contribution in [0.2, 0.25) is 16.6 Å². The number of hydrogen-bond acceptors (Lipinski definition) is 6. The SMILES string of the molecule is CC(C)[Si](OCc1ncc(NC(=O)c2ccc(C(F)(F)F)c(-c3ncccn3)c2)c(-c2ccccc2)n1)(C(C)C)C(C)C. The van der Waals surface area contributed by atoms with E-state index in [2.05, 4.69) is 61.8 Å². The van der Waals surface area contributed by atoms with Gasteiger partial charge < -0.3 is 9.74 Å². The molecule has 4 rings (SSSR count). The van der Waals surface area contributed by atoms with Crippen LogP contribution < -0.4 is 5.32 Å². The van der Waals surface area contributed by atoms with Crippen molar-refractivity contribution >= 4 is 19.9 Å². The standard InChI is InChI=1S/C32H36F3N5O2Si/c1-20(2)43(21(3)4,22(5)6)42-19-28-38-18-27(29(40-28)23-11-8-7-9-12-23)39-31(41)24-13-14-26(32(33,34)35)25(17-24)30-36-15-10-16-37-30/h7-18,20-22H,19H2,1-6H3,(H,39,41). The van der Waals surface area contributed by atoms with Crippen molar-refractivity contribution in [3.8, 4) is 22.6 Å². The molecule has 0 aliphatic heterocycles. The molecular formula is C32H36F3N5O2Si. The third-order valence-corrected chi connectivity index (χ3v) is 13.7. The van der Waals surface area contributed by atoms with Crippen LogP contribution in [0.5, 0.6) is 0 Å². The van der Waals surface area contributed by atoms with E-state index in [1.54, 1.807) is 0 Å². The molecule has 0 aliphatic rings. The number of amides is 1. The first kappa shape index (κ1) is 32.0. The molecule has 0 atom stereocenters. The summed E-state index contributed by atoms with van der Waals surface area (Å²) in [6, 6.07) is 14.0. The number of alkyl halides is 3. The third kappa shape index (κ3) is 6.99. The average molecular weight is 608 g/mol. The summed E-state index contributed by atoms with van der Waals surface area (Å²) < 4.78 is 48.0. The number of halogens is 3. The van der Waals surface area contributed by atoms with Crippen LogP contribution in [0.25, 0.3) is 22.6 Å². The number of carbonyl (C=O) groups excluding carboxylic acids is 1. The lowest BCUT2D eigenvalue weighted by Gasteiger charge is -2.42. The first-order valence-electron chi connectivity index (χ1n) is 14.2. The first-order valence-corrected chi connectivity index (χ1v) is 16.3. The summed E-state index contributed by atoms with van der Waals surface area (Å²) >= 11 is 0. The van der Waals surface area contributed by atoms with Gasteiger partial charge in [0.25, 0.3) is 5.91 Å². The molecule has 0 aliphatic carbocycles. The smallest absolute Gasteiger partial charge is 0.409 e. The Bertz CT molecular complexity index is 1530. The summed E-state index contributed by atoms with van der Waals surface area (Å²) in [7, 11) is -2.18. The predicted octanol–water partition coefficient (Wildman–Crippen LogP) is 8.56. The molecule has 0 bridgehead atoms. The fourth-order valence-electron chi connectivity index (χ4n) is 5.84. The van der Waals surface area contributed by atoms with Crippen molar-refractivity contribution in [1.82, 2.24) is 19.9 Å². The van der Waals surface area contributed by atoms with E-state index in [-0.39, 0.29) is 23.6 Å². The largest absolute Gasteiger partial charge is 0.417 e. The second-order valence-corrected chi connectivity index (χ2v) is 16.8. The number of anilines is 1. The van der Waals surface area contributed by atoms with Crippen molar-refractivity contribution in [3.05, 3.63) is 90.1 Å². The maximum absolute atomic E-state index is 13.8. The molecule has 0 radical (unpaired) electrons. The van der Waals surface area contributed by atoms with Crippen molar-refractivity contribution in [2.75, 3.05) is 5.32 Å². The highest BCUT2D eigenvalue weighted by Gasteiger charge is 2.45. The van der Waals surface area contributed by atoms with Crippen LogP contribution >= 0.6 is 0 Å². The molecule has 7 nitrogen and oxygen atoms in total. The zero-order chi connectivity index (χ0) is 31.4. The minimum atomic E-state index is -4.66. The molecule has 0 spiro atoms. The Hall–Kier alpha value is -3.96.